The van der Waals surface area contributed by atoms with Crippen molar-refractivity contribution in [3.63, 3.8) is 0 Å². The summed E-state index contributed by atoms with van der Waals surface area (Å²) >= 11 is 0. The van der Waals surface area contributed by atoms with Gasteiger partial charge in [0.15, 0.2) is 5.58 Å². The van der Waals surface area contributed by atoms with Gasteiger partial charge in [0.25, 0.3) is 0 Å². The molecule has 10 aromatic carbocycles. The highest BCUT2D eigenvalue weighted by Gasteiger charge is 2.20. The van der Waals surface area contributed by atoms with Crippen molar-refractivity contribution < 1.29 is 4.42 Å². The molecule has 0 radical (unpaired) electrons. The van der Waals surface area contributed by atoms with Gasteiger partial charge in [0.1, 0.15) is 5.58 Å². The van der Waals surface area contributed by atoms with Gasteiger partial charge >= 0.3 is 0 Å². The molecule has 0 aliphatic rings. The van der Waals surface area contributed by atoms with Crippen LogP contribution in [0.15, 0.2) is 241 Å². The minimum atomic E-state index is 0.860. The van der Waals surface area contributed by atoms with E-state index in [4.69, 9.17) is 4.42 Å². The second kappa shape index (κ2) is 15.1. The fraction of sp³-hybridized carbons (Fsp3) is 0. The number of benzene rings is 10. The number of anilines is 3. The molecule has 11 aromatic rings. The molecule has 60 heavy (non-hydrogen) atoms. The molecule has 0 unspecified atom stereocenters. The molecule has 0 saturated carbocycles. The molecule has 0 aliphatic carbocycles. The maximum Gasteiger partial charge on any atom is 0.159 e. The zero-order valence-corrected chi connectivity index (χ0v) is 32.9. The van der Waals surface area contributed by atoms with E-state index in [1.54, 1.807) is 0 Å². The Morgan fingerprint density at radius 1 is 0.283 bits per heavy atom. The van der Waals surface area contributed by atoms with E-state index in [1.165, 1.54) is 55.3 Å². The Kier molecular flexibility index (Phi) is 8.87. The number of para-hydroxylation sites is 2. The van der Waals surface area contributed by atoms with Crippen molar-refractivity contribution in [2.24, 2.45) is 0 Å². The molecule has 1 aromatic heterocycles. The minimum Gasteiger partial charge on any atom is -0.454 e. The Bertz CT molecular complexity index is 3290. The van der Waals surface area contributed by atoms with E-state index in [0.717, 1.165) is 50.1 Å². The number of nitrogens with zero attached hydrogens (tertiary/aromatic N) is 1. The molecule has 0 saturated heterocycles. The van der Waals surface area contributed by atoms with Crippen LogP contribution in [0.3, 0.4) is 0 Å². The Balaban J connectivity index is 0.999. The minimum absolute atomic E-state index is 0.860. The number of rotatable bonds is 8. The van der Waals surface area contributed by atoms with E-state index in [-0.39, 0.29) is 0 Å². The summed E-state index contributed by atoms with van der Waals surface area (Å²) in [5.74, 6) is 0. The topological polar surface area (TPSA) is 16.4 Å². The Labute approximate surface area is 349 Å². The maximum absolute atomic E-state index is 6.65. The van der Waals surface area contributed by atoms with Crippen LogP contribution >= 0.6 is 0 Å². The number of fused-ring (bicyclic) bond motifs is 4. The second-order valence-electron chi connectivity index (χ2n) is 15.3. The normalized spacial score (nSPS) is 11.3. The highest BCUT2D eigenvalue weighted by Crippen LogP contribution is 2.44. The van der Waals surface area contributed by atoms with Gasteiger partial charge in [-0.2, -0.15) is 0 Å². The van der Waals surface area contributed by atoms with E-state index >= 15 is 0 Å². The van der Waals surface area contributed by atoms with Gasteiger partial charge in [-0.1, -0.05) is 188 Å². The molecular formula is C58H39NO. The van der Waals surface area contributed by atoms with E-state index in [1.807, 2.05) is 12.1 Å². The van der Waals surface area contributed by atoms with Gasteiger partial charge < -0.3 is 9.32 Å². The third-order valence-electron chi connectivity index (χ3n) is 11.7. The Hall–Kier alpha value is -7.94. The van der Waals surface area contributed by atoms with E-state index in [0.29, 0.717) is 0 Å². The molecule has 1 heterocycles. The average molecular weight is 766 g/mol. The summed E-state index contributed by atoms with van der Waals surface area (Å²) in [4.78, 5) is 2.32. The second-order valence-corrected chi connectivity index (χ2v) is 15.3. The van der Waals surface area contributed by atoms with Crippen molar-refractivity contribution in [2.75, 3.05) is 4.90 Å². The lowest BCUT2D eigenvalue weighted by atomic mass is 9.89. The molecule has 2 nitrogen and oxygen atoms in total. The Morgan fingerprint density at radius 2 is 0.733 bits per heavy atom. The third-order valence-corrected chi connectivity index (χ3v) is 11.7. The zero-order chi connectivity index (χ0) is 39.8. The smallest absolute Gasteiger partial charge is 0.159 e. The monoisotopic (exact) mass is 765 g/mol. The zero-order valence-electron chi connectivity index (χ0n) is 32.9. The van der Waals surface area contributed by atoms with Crippen LogP contribution in [0.2, 0.25) is 0 Å². The summed E-state index contributed by atoms with van der Waals surface area (Å²) in [5.41, 5.74) is 16.8. The molecule has 0 spiro atoms. The average Bonchev–Trinajstić information content (AvgIpc) is 3.72. The van der Waals surface area contributed by atoms with Crippen LogP contribution in [0.1, 0.15) is 0 Å². The van der Waals surface area contributed by atoms with Crippen LogP contribution < -0.4 is 4.90 Å². The van der Waals surface area contributed by atoms with Crippen LogP contribution in [0.5, 0.6) is 0 Å². The van der Waals surface area contributed by atoms with Crippen molar-refractivity contribution in [1.82, 2.24) is 0 Å². The van der Waals surface area contributed by atoms with Gasteiger partial charge in [0.05, 0.1) is 5.69 Å². The van der Waals surface area contributed by atoms with Gasteiger partial charge in [-0.3, -0.25) is 0 Å². The molecule has 0 atom stereocenters. The van der Waals surface area contributed by atoms with Crippen molar-refractivity contribution in [2.45, 2.75) is 0 Å². The SMILES string of the molecule is c1ccc(-c2ccc3ccc(-c4ccc(N(c5ccc(-c6ccccc6-c6ccccc6-c6ccccc6)cc5)c5cccc6c5oc5ccccc56)cc4)cc3c2)cc1. The van der Waals surface area contributed by atoms with Crippen LogP contribution in [0.4, 0.5) is 17.1 Å². The molecule has 2 heteroatoms. The van der Waals surface area contributed by atoms with Crippen molar-refractivity contribution >= 4 is 49.8 Å². The highest BCUT2D eigenvalue weighted by atomic mass is 16.3. The first-order valence-corrected chi connectivity index (χ1v) is 20.5. The first kappa shape index (κ1) is 35.2. The van der Waals surface area contributed by atoms with Gasteiger partial charge in [0, 0.05) is 22.1 Å². The standard InChI is InChI=1S/C58H39NO/c1-3-14-40(15-4-1)45-28-26-42-27-29-46(39-47(42)38-45)41-30-34-48(35-31-41)59(56-24-13-23-55-54-22-11-12-25-57(54)60-58(55)56)49-36-32-44(33-37-49)51-19-8-10-21-53(51)52-20-9-7-18-50(52)43-16-5-2-6-17-43/h1-39H. The molecule has 282 valence electrons. The summed E-state index contributed by atoms with van der Waals surface area (Å²) < 4.78 is 6.65. The van der Waals surface area contributed by atoms with Crippen LogP contribution in [0.25, 0.3) is 88.3 Å². The predicted molar refractivity (Wildman–Crippen MR) is 253 cm³/mol. The van der Waals surface area contributed by atoms with Gasteiger partial charge in [-0.05, 0) is 115 Å². The first-order valence-electron chi connectivity index (χ1n) is 20.5. The molecule has 11 rings (SSSR count). The van der Waals surface area contributed by atoms with E-state index in [2.05, 4.69) is 229 Å². The highest BCUT2D eigenvalue weighted by molar-refractivity contribution is 6.10. The summed E-state index contributed by atoms with van der Waals surface area (Å²) in [6, 6.07) is 84.8. The molecule has 0 bridgehead atoms. The van der Waals surface area contributed by atoms with Crippen LogP contribution in [-0.4, -0.2) is 0 Å². The van der Waals surface area contributed by atoms with Crippen molar-refractivity contribution in [1.29, 1.82) is 0 Å². The quantitative estimate of drug-likeness (QED) is 0.153. The molecule has 0 aliphatic heterocycles. The summed E-state index contributed by atoms with van der Waals surface area (Å²) in [5, 5.41) is 4.66. The molecule has 0 N–H and O–H groups in total. The lowest BCUT2D eigenvalue weighted by molar-refractivity contribution is 0.669. The number of hydrogen-bond donors (Lipinski definition) is 0. The number of furan rings is 1. The first-order chi connectivity index (χ1) is 29.7. The lowest BCUT2D eigenvalue weighted by Gasteiger charge is -2.26. The number of hydrogen-bond acceptors (Lipinski definition) is 2. The molecule has 0 amide bonds. The third kappa shape index (κ3) is 6.41. The van der Waals surface area contributed by atoms with E-state index in [9.17, 15) is 0 Å². The Morgan fingerprint density at radius 3 is 1.35 bits per heavy atom. The van der Waals surface area contributed by atoms with Crippen molar-refractivity contribution in [3.8, 4) is 55.6 Å². The predicted octanol–water partition coefficient (Wildman–Crippen LogP) is 16.5. The summed E-state index contributed by atoms with van der Waals surface area (Å²) in [7, 11) is 0. The summed E-state index contributed by atoms with van der Waals surface area (Å²) in [6.07, 6.45) is 0. The molecular weight excluding hydrogens is 727 g/mol. The van der Waals surface area contributed by atoms with Gasteiger partial charge in [-0.15, -0.1) is 0 Å². The lowest BCUT2D eigenvalue weighted by Crippen LogP contribution is -2.10. The van der Waals surface area contributed by atoms with Gasteiger partial charge in [-0.25, -0.2) is 0 Å². The van der Waals surface area contributed by atoms with E-state index < -0.39 is 0 Å². The summed E-state index contributed by atoms with van der Waals surface area (Å²) in [6.45, 7) is 0. The van der Waals surface area contributed by atoms with Gasteiger partial charge in [0.2, 0.25) is 0 Å². The van der Waals surface area contributed by atoms with Crippen LogP contribution in [0, 0.1) is 0 Å². The largest absolute Gasteiger partial charge is 0.454 e. The molecule has 0 fully saturated rings. The van der Waals surface area contributed by atoms with Crippen LogP contribution in [-0.2, 0) is 0 Å². The fourth-order valence-electron chi connectivity index (χ4n) is 8.72. The fourth-order valence-corrected chi connectivity index (χ4v) is 8.72. The van der Waals surface area contributed by atoms with Crippen molar-refractivity contribution in [3.05, 3.63) is 237 Å². The maximum atomic E-state index is 6.65.